The molecule has 2 aromatic rings. The van der Waals surface area contributed by atoms with Crippen LogP contribution in [0.3, 0.4) is 0 Å². The van der Waals surface area contributed by atoms with Crippen molar-refractivity contribution in [2.24, 2.45) is 5.10 Å². The van der Waals surface area contributed by atoms with Crippen LogP contribution in [0.4, 0.5) is 0 Å². The number of nitrogens with one attached hydrogen (secondary N) is 1. The number of methoxy groups -OCH3 is 1. The number of hydrogen-bond acceptors (Lipinski definition) is 6. The van der Waals surface area contributed by atoms with Crippen LogP contribution in [0.25, 0.3) is 0 Å². The Labute approximate surface area is 178 Å². The van der Waals surface area contributed by atoms with Gasteiger partial charge in [0.15, 0.2) is 29.6 Å². The molecule has 7 heteroatoms. The highest BCUT2D eigenvalue weighted by Gasteiger charge is 2.07. The molecular weight excluding hydrogens is 384 g/mol. The maximum Gasteiger partial charge on any atom is 0.277 e. The van der Waals surface area contributed by atoms with Crippen molar-refractivity contribution in [1.82, 2.24) is 5.43 Å². The Kier molecular flexibility index (Phi) is 10.1. The number of amides is 1. The van der Waals surface area contributed by atoms with E-state index in [-0.39, 0.29) is 12.5 Å². The molecule has 30 heavy (non-hydrogen) atoms. The minimum absolute atomic E-state index is 0.171. The number of carbonyl (C=O) groups is 1. The van der Waals surface area contributed by atoms with E-state index in [4.69, 9.17) is 18.9 Å². The van der Waals surface area contributed by atoms with Crippen LogP contribution in [-0.2, 0) is 4.79 Å². The Morgan fingerprint density at radius 2 is 1.70 bits per heavy atom. The number of hydrogen-bond donors (Lipinski definition) is 1. The minimum Gasteiger partial charge on any atom is -0.493 e. The first kappa shape index (κ1) is 23.1. The molecule has 0 atom stereocenters. The number of benzene rings is 2. The topological polar surface area (TPSA) is 78.4 Å². The number of carbonyl (C=O) groups excluding carboxylic acids is 1. The van der Waals surface area contributed by atoms with Crippen molar-refractivity contribution in [3.63, 3.8) is 0 Å². The van der Waals surface area contributed by atoms with Gasteiger partial charge in [0.05, 0.1) is 26.5 Å². The van der Waals surface area contributed by atoms with Crippen LogP contribution in [0.5, 0.6) is 23.0 Å². The number of rotatable bonds is 13. The van der Waals surface area contributed by atoms with Gasteiger partial charge < -0.3 is 18.9 Å². The van der Waals surface area contributed by atoms with Crippen molar-refractivity contribution in [2.45, 2.75) is 33.1 Å². The number of para-hydroxylation sites is 2. The quantitative estimate of drug-likeness (QED) is 0.302. The van der Waals surface area contributed by atoms with Crippen LogP contribution in [-0.4, -0.2) is 39.1 Å². The van der Waals surface area contributed by atoms with Crippen LogP contribution in [0.2, 0.25) is 0 Å². The van der Waals surface area contributed by atoms with Gasteiger partial charge in [-0.15, -0.1) is 0 Å². The fourth-order valence-electron chi connectivity index (χ4n) is 2.62. The highest BCUT2D eigenvalue weighted by Crippen LogP contribution is 2.28. The molecule has 7 nitrogen and oxygen atoms in total. The summed E-state index contributed by atoms with van der Waals surface area (Å²) >= 11 is 0. The Balaban J connectivity index is 1.85. The second-order valence-corrected chi connectivity index (χ2v) is 6.43. The summed E-state index contributed by atoms with van der Waals surface area (Å²) in [6.45, 7) is 5.04. The van der Waals surface area contributed by atoms with Gasteiger partial charge in [0.2, 0.25) is 0 Å². The third-order valence-electron chi connectivity index (χ3n) is 4.10. The minimum atomic E-state index is -0.375. The SMILES string of the molecule is CCCCCOc1ccc(/C=N/NC(=O)COc2ccccc2OCC)cc1OC. The lowest BCUT2D eigenvalue weighted by Gasteiger charge is -2.11. The van der Waals surface area contributed by atoms with E-state index in [1.807, 2.05) is 31.2 Å². The van der Waals surface area contributed by atoms with E-state index in [0.717, 1.165) is 24.8 Å². The van der Waals surface area contributed by atoms with E-state index in [1.165, 1.54) is 6.21 Å². The van der Waals surface area contributed by atoms with Crippen molar-refractivity contribution in [3.8, 4) is 23.0 Å². The van der Waals surface area contributed by atoms with E-state index >= 15 is 0 Å². The molecule has 0 fully saturated rings. The molecular formula is C23H30N2O5. The van der Waals surface area contributed by atoms with Gasteiger partial charge in [0.25, 0.3) is 5.91 Å². The Morgan fingerprint density at radius 1 is 0.967 bits per heavy atom. The zero-order valence-corrected chi connectivity index (χ0v) is 17.8. The van der Waals surface area contributed by atoms with Crippen molar-refractivity contribution >= 4 is 12.1 Å². The lowest BCUT2D eigenvalue weighted by Crippen LogP contribution is -2.24. The molecule has 162 valence electrons. The fraction of sp³-hybridized carbons (Fsp3) is 0.391. The molecule has 0 aliphatic carbocycles. The van der Waals surface area contributed by atoms with Crippen molar-refractivity contribution in [1.29, 1.82) is 0 Å². The standard InChI is InChI=1S/C23H30N2O5/c1-4-6-9-14-29-21-13-12-18(15-22(21)27-3)16-24-25-23(26)17-30-20-11-8-7-10-19(20)28-5-2/h7-8,10-13,15-16H,4-6,9,14,17H2,1-3H3,(H,25,26)/b24-16+. The number of ether oxygens (including phenoxy) is 4. The second-order valence-electron chi connectivity index (χ2n) is 6.43. The van der Waals surface area contributed by atoms with E-state index in [0.29, 0.717) is 36.2 Å². The largest absolute Gasteiger partial charge is 0.493 e. The van der Waals surface area contributed by atoms with Gasteiger partial charge in [-0.1, -0.05) is 31.9 Å². The zero-order valence-electron chi connectivity index (χ0n) is 17.8. The molecule has 0 radical (unpaired) electrons. The number of nitrogens with zero attached hydrogens (tertiary/aromatic N) is 1. The van der Waals surface area contributed by atoms with Crippen molar-refractivity contribution in [3.05, 3.63) is 48.0 Å². The molecule has 0 aromatic heterocycles. The summed E-state index contributed by atoms with van der Waals surface area (Å²) in [5.74, 6) is 2.05. The van der Waals surface area contributed by atoms with Gasteiger partial charge in [-0.3, -0.25) is 4.79 Å². The van der Waals surface area contributed by atoms with Gasteiger partial charge in [-0.25, -0.2) is 5.43 Å². The fourth-order valence-corrected chi connectivity index (χ4v) is 2.62. The van der Waals surface area contributed by atoms with Gasteiger partial charge in [0.1, 0.15) is 0 Å². The monoisotopic (exact) mass is 414 g/mol. The van der Waals surface area contributed by atoms with Crippen LogP contribution >= 0.6 is 0 Å². The van der Waals surface area contributed by atoms with E-state index in [2.05, 4.69) is 17.5 Å². The zero-order chi connectivity index (χ0) is 21.6. The predicted molar refractivity (Wildman–Crippen MR) is 117 cm³/mol. The average Bonchev–Trinajstić information content (AvgIpc) is 2.77. The maximum atomic E-state index is 12.0. The molecule has 1 amide bonds. The van der Waals surface area contributed by atoms with Crippen LogP contribution in [0.1, 0.15) is 38.7 Å². The molecule has 0 aliphatic heterocycles. The van der Waals surface area contributed by atoms with Crippen LogP contribution in [0, 0.1) is 0 Å². The van der Waals surface area contributed by atoms with Gasteiger partial charge in [-0.2, -0.15) is 5.10 Å². The summed E-state index contributed by atoms with van der Waals surface area (Å²) in [6.07, 6.45) is 4.82. The summed E-state index contributed by atoms with van der Waals surface area (Å²) in [6, 6.07) is 12.7. The Bertz CT molecular complexity index is 823. The molecule has 0 bridgehead atoms. The Morgan fingerprint density at radius 3 is 2.40 bits per heavy atom. The van der Waals surface area contributed by atoms with E-state index < -0.39 is 0 Å². The predicted octanol–water partition coefficient (Wildman–Crippen LogP) is 4.19. The summed E-state index contributed by atoms with van der Waals surface area (Å²) in [5.41, 5.74) is 3.22. The first-order valence-electron chi connectivity index (χ1n) is 10.1. The second kappa shape index (κ2) is 13.1. The van der Waals surface area contributed by atoms with Crippen LogP contribution < -0.4 is 24.4 Å². The lowest BCUT2D eigenvalue weighted by molar-refractivity contribution is -0.123. The third kappa shape index (κ3) is 7.66. The molecule has 0 unspecified atom stereocenters. The summed E-state index contributed by atoms with van der Waals surface area (Å²) in [4.78, 5) is 12.0. The first-order chi connectivity index (χ1) is 14.7. The molecule has 0 saturated heterocycles. The highest BCUT2D eigenvalue weighted by molar-refractivity contribution is 5.83. The number of unbranched alkanes of at least 4 members (excludes halogenated alkanes) is 2. The lowest BCUT2D eigenvalue weighted by atomic mass is 10.2. The van der Waals surface area contributed by atoms with Gasteiger partial charge >= 0.3 is 0 Å². The highest BCUT2D eigenvalue weighted by atomic mass is 16.5. The molecule has 2 rings (SSSR count). The van der Waals surface area contributed by atoms with E-state index in [9.17, 15) is 4.79 Å². The molecule has 0 aliphatic rings. The molecule has 1 N–H and O–H groups in total. The molecule has 0 saturated carbocycles. The summed E-state index contributed by atoms with van der Waals surface area (Å²) in [5, 5.41) is 3.97. The molecule has 0 heterocycles. The summed E-state index contributed by atoms with van der Waals surface area (Å²) < 4.78 is 22.1. The smallest absolute Gasteiger partial charge is 0.277 e. The normalized spacial score (nSPS) is 10.6. The third-order valence-corrected chi connectivity index (χ3v) is 4.10. The average molecular weight is 415 g/mol. The van der Waals surface area contributed by atoms with Crippen molar-refractivity contribution in [2.75, 3.05) is 26.9 Å². The van der Waals surface area contributed by atoms with Gasteiger partial charge in [0, 0.05) is 0 Å². The van der Waals surface area contributed by atoms with Gasteiger partial charge in [-0.05, 0) is 49.2 Å². The maximum absolute atomic E-state index is 12.0. The van der Waals surface area contributed by atoms with Crippen LogP contribution in [0.15, 0.2) is 47.6 Å². The van der Waals surface area contributed by atoms with E-state index in [1.54, 1.807) is 25.3 Å². The number of hydrazone groups is 1. The molecule has 0 spiro atoms. The summed E-state index contributed by atoms with van der Waals surface area (Å²) in [7, 11) is 1.59. The van der Waals surface area contributed by atoms with Crippen molar-refractivity contribution < 1.29 is 23.7 Å². The Hall–Kier alpha value is -3.22. The molecule has 2 aromatic carbocycles. The first-order valence-corrected chi connectivity index (χ1v) is 10.1.